The Morgan fingerprint density at radius 3 is 2.17 bits per heavy atom. The fourth-order valence-corrected chi connectivity index (χ4v) is 3.37. The highest BCUT2D eigenvalue weighted by molar-refractivity contribution is 9.10. The second-order valence-corrected chi connectivity index (χ2v) is 8.43. The van der Waals surface area contributed by atoms with Gasteiger partial charge in [0.25, 0.3) is 0 Å². The molecule has 1 rings (SSSR count). The third-order valence-electron chi connectivity index (χ3n) is 3.87. The molecule has 1 atom stereocenters. The van der Waals surface area contributed by atoms with E-state index < -0.39 is 29.1 Å². The number of nitrogens with zero attached hydrogens (tertiary/aromatic N) is 1. The lowest BCUT2D eigenvalue weighted by atomic mass is 9.75. The number of carboxylic acids is 1. The van der Waals surface area contributed by atoms with Gasteiger partial charge in [0.15, 0.2) is 0 Å². The van der Waals surface area contributed by atoms with Crippen molar-refractivity contribution < 1.29 is 19.4 Å². The summed E-state index contributed by atoms with van der Waals surface area (Å²) in [5.74, 6) is -1.07. The number of ether oxygens (including phenoxy) is 1. The molecule has 1 N–H and O–H groups in total. The summed E-state index contributed by atoms with van der Waals surface area (Å²) in [6.45, 7) is 10.8. The van der Waals surface area contributed by atoms with Crippen molar-refractivity contribution in [2.45, 2.75) is 58.6 Å². The lowest BCUT2D eigenvalue weighted by Crippen LogP contribution is -2.54. The molecule has 5 nitrogen and oxygen atoms in total. The zero-order valence-electron chi connectivity index (χ0n) is 15.3. The van der Waals surface area contributed by atoms with E-state index in [-0.39, 0.29) is 0 Å². The maximum atomic E-state index is 12.4. The van der Waals surface area contributed by atoms with E-state index >= 15 is 0 Å². The molecule has 0 spiro atoms. The Bertz CT molecular complexity index is 634. The van der Waals surface area contributed by atoms with Crippen molar-refractivity contribution in [1.82, 2.24) is 4.90 Å². The standard InChI is InChI=1S/C18H26BrNO4/c1-11-10-12(19)8-9-13(11)18(5,6)14(15(21)22)20(7)16(23)24-17(2,3)4/h8-10,14H,1-7H3,(H,21,22). The molecule has 0 bridgehead atoms. The van der Waals surface area contributed by atoms with Crippen molar-refractivity contribution >= 4 is 28.0 Å². The molecule has 0 aliphatic rings. The number of aliphatic carboxylic acids is 1. The van der Waals surface area contributed by atoms with Crippen LogP contribution in [0.15, 0.2) is 22.7 Å². The van der Waals surface area contributed by atoms with E-state index in [1.807, 2.05) is 39.0 Å². The van der Waals surface area contributed by atoms with E-state index in [1.54, 1.807) is 20.8 Å². The van der Waals surface area contributed by atoms with Gasteiger partial charge < -0.3 is 9.84 Å². The number of carboxylic acid groups (broad SMARTS) is 1. The Balaban J connectivity index is 3.27. The van der Waals surface area contributed by atoms with Crippen molar-refractivity contribution in [3.8, 4) is 0 Å². The topological polar surface area (TPSA) is 66.8 Å². The predicted molar refractivity (Wildman–Crippen MR) is 97.3 cm³/mol. The largest absolute Gasteiger partial charge is 0.480 e. The molecule has 1 unspecified atom stereocenters. The van der Waals surface area contributed by atoms with Crippen LogP contribution in [0.3, 0.4) is 0 Å². The molecule has 0 fully saturated rings. The van der Waals surface area contributed by atoms with Gasteiger partial charge >= 0.3 is 12.1 Å². The average Bonchev–Trinajstić information content (AvgIpc) is 2.34. The number of aryl methyl sites for hydroxylation is 1. The smallest absolute Gasteiger partial charge is 0.410 e. The molecule has 24 heavy (non-hydrogen) atoms. The van der Waals surface area contributed by atoms with Crippen molar-refractivity contribution in [2.24, 2.45) is 0 Å². The number of hydrogen-bond donors (Lipinski definition) is 1. The first kappa shape index (κ1) is 20.5. The predicted octanol–water partition coefficient (Wildman–Crippen LogP) is 4.36. The highest BCUT2D eigenvalue weighted by Crippen LogP contribution is 2.34. The van der Waals surface area contributed by atoms with Crippen molar-refractivity contribution in [2.75, 3.05) is 7.05 Å². The molecular formula is C18H26BrNO4. The molecule has 0 heterocycles. The van der Waals surface area contributed by atoms with Gasteiger partial charge in [-0.2, -0.15) is 0 Å². The van der Waals surface area contributed by atoms with Crippen LogP contribution >= 0.6 is 15.9 Å². The Morgan fingerprint density at radius 2 is 1.75 bits per heavy atom. The fraction of sp³-hybridized carbons (Fsp3) is 0.556. The average molecular weight is 400 g/mol. The second-order valence-electron chi connectivity index (χ2n) is 7.51. The maximum Gasteiger partial charge on any atom is 0.410 e. The Hall–Kier alpha value is -1.56. The first-order valence-electron chi connectivity index (χ1n) is 7.72. The molecular weight excluding hydrogens is 374 g/mol. The summed E-state index contributed by atoms with van der Waals surface area (Å²) >= 11 is 3.41. The SMILES string of the molecule is Cc1cc(Br)ccc1C(C)(C)C(C(=O)O)N(C)C(=O)OC(C)(C)C. The summed E-state index contributed by atoms with van der Waals surface area (Å²) in [5, 5.41) is 9.77. The van der Waals surface area contributed by atoms with Gasteiger partial charge in [0.2, 0.25) is 0 Å². The van der Waals surface area contributed by atoms with Gasteiger partial charge in [0, 0.05) is 16.9 Å². The third-order valence-corrected chi connectivity index (χ3v) is 4.36. The van der Waals surface area contributed by atoms with Gasteiger partial charge in [0.05, 0.1) is 0 Å². The molecule has 1 amide bonds. The van der Waals surface area contributed by atoms with Gasteiger partial charge in [0.1, 0.15) is 11.6 Å². The number of carbonyl (C=O) groups is 2. The van der Waals surface area contributed by atoms with E-state index in [0.29, 0.717) is 0 Å². The number of rotatable bonds is 4. The number of carbonyl (C=O) groups excluding carboxylic acids is 1. The maximum absolute atomic E-state index is 12.4. The van der Waals surface area contributed by atoms with Gasteiger partial charge in [-0.05, 0) is 51.0 Å². The van der Waals surface area contributed by atoms with Crippen LogP contribution in [0.5, 0.6) is 0 Å². The van der Waals surface area contributed by atoms with Crippen LogP contribution in [0.1, 0.15) is 45.7 Å². The van der Waals surface area contributed by atoms with E-state index in [4.69, 9.17) is 4.74 Å². The number of amides is 1. The Morgan fingerprint density at radius 1 is 1.21 bits per heavy atom. The van der Waals surface area contributed by atoms with Crippen LogP contribution in [-0.2, 0) is 14.9 Å². The minimum Gasteiger partial charge on any atom is -0.480 e. The highest BCUT2D eigenvalue weighted by Gasteiger charge is 2.43. The van der Waals surface area contributed by atoms with Crippen LogP contribution in [0, 0.1) is 6.92 Å². The molecule has 0 aliphatic heterocycles. The van der Waals surface area contributed by atoms with Crippen LogP contribution in [0.4, 0.5) is 4.79 Å². The zero-order chi connectivity index (χ0) is 18.9. The summed E-state index contributed by atoms with van der Waals surface area (Å²) in [4.78, 5) is 25.5. The van der Waals surface area contributed by atoms with Crippen molar-refractivity contribution in [3.05, 3.63) is 33.8 Å². The first-order valence-corrected chi connectivity index (χ1v) is 8.52. The van der Waals surface area contributed by atoms with Gasteiger partial charge in [-0.1, -0.05) is 35.8 Å². The van der Waals surface area contributed by atoms with Crippen molar-refractivity contribution in [3.63, 3.8) is 0 Å². The minimum atomic E-state index is -1.07. The first-order chi connectivity index (χ1) is 10.8. The number of benzene rings is 1. The molecule has 0 aliphatic carbocycles. The molecule has 1 aromatic rings. The van der Waals surface area contributed by atoms with Gasteiger partial charge in [-0.3, -0.25) is 4.90 Å². The van der Waals surface area contributed by atoms with E-state index in [2.05, 4.69) is 15.9 Å². The van der Waals surface area contributed by atoms with E-state index in [1.165, 1.54) is 7.05 Å². The molecule has 0 aromatic heterocycles. The summed E-state index contributed by atoms with van der Waals surface area (Å²) in [7, 11) is 1.46. The fourth-order valence-electron chi connectivity index (χ4n) is 2.90. The van der Waals surface area contributed by atoms with E-state index in [9.17, 15) is 14.7 Å². The van der Waals surface area contributed by atoms with Gasteiger partial charge in [-0.25, -0.2) is 9.59 Å². The van der Waals surface area contributed by atoms with E-state index in [0.717, 1.165) is 20.5 Å². The summed E-state index contributed by atoms with van der Waals surface area (Å²) in [6, 6.07) is 4.63. The lowest BCUT2D eigenvalue weighted by Gasteiger charge is -2.39. The summed E-state index contributed by atoms with van der Waals surface area (Å²) < 4.78 is 6.25. The minimum absolute atomic E-state index is 0.655. The Kier molecular flexibility index (Phi) is 6.09. The van der Waals surface area contributed by atoms with Gasteiger partial charge in [-0.15, -0.1) is 0 Å². The van der Waals surface area contributed by atoms with Crippen LogP contribution < -0.4 is 0 Å². The van der Waals surface area contributed by atoms with Crippen LogP contribution in [0.25, 0.3) is 0 Å². The lowest BCUT2D eigenvalue weighted by molar-refractivity contribution is -0.145. The van der Waals surface area contributed by atoms with Crippen LogP contribution in [0.2, 0.25) is 0 Å². The molecule has 1 aromatic carbocycles. The monoisotopic (exact) mass is 399 g/mol. The highest BCUT2D eigenvalue weighted by atomic mass is 79.9. The molecule has 0 radical (unpaired) electrons. The normalized spacial score (nSPS) is 13.3. The molecule has 0 saturated carbocycles. The zero-order valence-corrected chi connectivity index (χ0v) is 16.9. The Labute approximate surface area is 152 Å². The van der Waals surface area contributed by atoms with Crippen molar-refractivity contribution in [1.29, 1.82) is 0 Å². The number of hydrogen-bond acceptors (Lipinski definition) is 3. The third kappa shape index (κ3) is 4.72. The molecule has 0 saturated heterocycles. The van der Waals surface area contributed by atoms with Crippen LogP contribution in [-0.4, -0.2) is 40.8 Å². The summed E-state index contributed by atoms with van der Waals surface area (Å²) in [6.07, 6.45) is -0.655. The number of likely N-dealkylation sites (N-methyl/N-ethyl adjacent to an activating group) is 1. The summed E-state index contributed by atoms with van der Waals surface area (Å²) in [5.41, 5.74) is 0.334. The quantitative estimate of drug-likeness (QED) is 0.816. The molecule has 6 heteroatoms. The number of halogens is 1. The molecule has 134 valence electrons. The second kappa shape index (κ2) is 7.13.